The van der Waals surface area contributed by atoms with E-state index < -0.39 is 0 Å². The quantitative estimate of drug-likeness (QED) is 0.0621. The fourth-order valence-corrected chi connectivity index (χ4v) is 7.96. The lowest BCUT2D eigenvalue weighted by molar-refractivity contribution is 0.385. The minimum absolute atomic E-state index is 0.268. The number of pyridine rings is 3. The van der Waals surface area contributed by atoms with Gasteiger partial charge in [-0.25, -0.2) is 9.97 Å². The second-order valence-electron chi connectivity index (χ2n) is 14.8. The molecule has 0 aliphatic heterocycles. The zero-order chi connectivity index (χ0) is 35.8. The number of hydrogen-bond acceptors (Lipinski definition) is 6. The summed E-state index contributed by atoms with van der Waals surface area (Å²) < 4.78 is 4.61. The van der Waals surface area contributed by atoms with Crippen LogP contribution < -0.4 is 10.0 Å². The van der Waals surface area contributed by atoms with E-state index in [1.54, 1.807) is 11.3 Å². The summed E-state index contributed by atoms with van der Waals surface area (Å²) in [6.07, 6.45) is 20.9. The Balaban J connectivity index is 1.60. The van der Waals surface area contributed by atoms with Gasteiger partial charge < -0.3 is 0 Å². The first kappa shape index (κ1) is 36.6. The Morgan fingerprint density at radius 2 is 1.33 bits per heavy atom. The van der Waals surface area contributed by atoms with E-state index >= 15 is 0 Å². The molecule has 6 rings (SSSR count). The first-order valence-electron chi connectivity index (χ1n) is 19.3. The lowest BCUT2D eigenvalue weighted by Gasteiger charge is -2.48. The second kappa shape index (κ2) is 16.9. The predicted octanol–water partition coefficient (Wildman–Crippen LogP) is 12.1. The molecule has 0 fully saturated rings. The molecular formula is C43H57N7S. The highest BCUT2D eigenvalue weighted by Crippen LogP contribution is 2.43. The molecule has 0 aliphatic carbocycles. The highest BCUT2D eigenvalue weighted by molar-refractivity contribution is 7.08. The van der Waals surface area contributed by atoms with Crippen LogP contribution in [0, 0.1) is 13.8 Å². The lowest BCUT2D eigenvalue weighted by Crippen LogP contribution is -2.57. The van der Waals surface area contributed by atoms with Crippen molar-refractivity contribution in [3.63, 3.8) is 0 Å². The third kappa shape index (κ3) is 8.33. The van der Waals surface area contributed by atoms with Gasteiger partial charge >= 0.3 is 0 Å². The number of nitrogens with zero attached hydrogens (tertiary/aromatic N) is 7. The van der Waals surface area contributed by atoms with Crippen LogP contribution in [0.3, 0.4) is 0 Å². The van der Waals surface area contributed by atoms with Crippen LogP contribution in [0.5, 0.6) is 0 Å². The standard InChI is InChI=1S/C43H57N7S/c1-7-9-11-13-15-19-26-49(41-40(36-20-16-18-25-44-36)46-38-31-33(3)21-27-47(38)41)50(43(5,6)24-17-14-12-10-8-2)42-39(35-23-29-51-32-35)45-37-30-34(4)22-28-48(37)42/h16,18,20-23,25,27-32H,7-15,17,19,24,26H2,1-6H3. The molecule has 0 unspecified atom stereocenters. The van der Waals surface area contributed by atoms with Crippen molar-refractivity contribution in [3.8, 4) is 22.6 Å². The molecule has 0 atom stereocenters. The third-order valence-corrected chi connectivity index (χ3v) is 10.8. The molecular weight excluding hydrogens is 647 g/mol. The van der Waals surface area contributed by atoms with Crippen molar-refractivity contribution in [3.05, 3.63) is 89.0 Å². The maximum Gasteiger partial charge on any atom is 0.162 e. The van der Waals surface area contributed by atoms with Crippen LogP contribution in [-0.2, 0) is 0 Å². The maximum absolute atomic E-state index is 5.39. The molecule has 0 N–H and O–H groups in total. The molecule has 0 radical (unpaired) electrons. The second-order valence-corrected chi connectivity index (χ2v) is 15.6. The maximum atomic E-state index is 5.39. The Kier molecular flexibility index (Phi) is 12.1. The highest BCUT2D eigenvalue weighted by atomic mass is 32.1. The van der Waals surface area contributed by atoms with E-state index in [0.717, 1.165) is 71.4 Å². The van der Waals surface area contributed by atoms with E-state index in [0.29, 0.717) is 0 Å². The number of imidazole rings is 2. The van der Waals surface area contributed by atoms with Gasteiger partial charge in [0.15, 0.2) is 11.6 Å². The van der Waals surface area contributed by atoms with Gasteiger partial charge in [-0.05, 0) is 99.5 Å². The summed E-state index contributed by atoms with van der Waals surface area (Å²) >= 11 is 1.73. The summed E-state index contributed by atoms with van der Waals surface area (Å²) in [6.45, 7) is 14.6. The van der Waals surface area contributed by atoms with Crippen LogP contribution in [-0.4, -0.2) is 35.8 Å². The van der Waals surface area contributed by atoms with Gasteiger partial charge in [-0.1, -0.05) is 84.1 Å². The molecule has 8 heteroatoms. The first-order chi connectivity index (χ1) is 24.8. The Morgan fingerprint density at radius 1 is 0.706 bits per heavy atom. The zero-order valence-corrected chi connectivity index (χ0v) is 32.6. The topological polar surface area (TPSA) is 54.0 Å². The normalized spacial score (nSPS) is 12.0. The number of aryl methyl sites for hydroxylation is 2. The van der Waals surface area contributed by atoms with Crippen LogP contribution in [0.25, 0.3) is 33.9 Å². The van der Waals surface area contributed by atoms with Gasteiger partial charge in [0.2, 0.25) is 0 Å². The molecule has 0 aromatic carbocycles. The molecule has 6 aromatic heterocycles. The fourth-order valence-electron chi connectivity index (χ4n) is 7.32. The Hall–Kier alpha value is -4.17. The Morgan fingerprint density at radius 3 is 1.96 bits per heavy atom. The number of unbranched alkanes of at least 4 members (excludes halogenated alkanes) is 9. The van der Waals surface area contributed by atoms with Gasteiger partial charge in [-0.3, -0.25) is 23.8 Å². The van der Waals surface area contributed by atoms with Gasteiger partial charge in [0.1, 0.15) is 22.7 Å². The largest absolute Gasteiger partial charge is 0.284 e. The smallest absolute Gasteiger partial charge is 0.162 e. The van der Waals surface area contributed by atoms with Crippen molar-refractivity contribution in [1.82, 2.24) is 23.8 Å². The van der Waals surface area contributed by atoms with Crippen LogP contribution in [0.15, 0.2) is 77.9 Å². The molecule has 0 saturated carbocycles. The van der Waals surface area contributed by atoms with E-state index in [1.165, 1.54) is 68.9 Å². The molecule has 0 aliphatic rings. The first-order valence-corrected chi connectivity index (χ1v) is 20.3. The third-order valence-electron chi connectivity index (χ3n) is 10.1. The minimum atomic E-state index is -0.268. The SMILES string of the molecule is CCCCCCCCN(c1c(-c2ccccn2)nc2cc(C)ccn12)N(c1c(-c2ccsc2)nc2cc(C)ccn12)C(C)(C)CCCCCCC. The van der Waals surface area contributed by atoms with E-state index in [2.05, 4.69) is 126 Å². The number of aromatic nitrogens is 5. The number of fused-ring (bicyclic) bond motifs is 2. The highest BCUT2D eigenvalue weighted by Gasteiger charge is 2.39. The summed E-state index contributed by atoms with van der Waals surface area (Å²) in [5.74, 6) is 2.15. The van der Waals surface area contributed by atoms with E-state index in [1.807, 2.05) is 12.3 Å². The molecule has 0 amide bonds. The average molecular weight is 704 g/mol. The van der Waals surface area contributed by atoms with Crippen molar-refractivity contribution in [1.29, 1.82) is 0 Å². The predicted molar refractivity (Wildman–Crippen MR) is 217 cm³/mol. The summed E-state index contributed by atoms with van der Waals surface area (Å²) in [5.41, 5.74) is 7.97. The van der Waals surface area contributed by atoms with E-state index in [-0.39, 0.29) is 5.54 Å². The average Bonchev–Trinajstić information content (AvgIpc) is 3.87. The van der Waals surface area contributed by atoms with Crippen LogP contribution in [0.4, 0.5) is 11.6 Å². The molecule has 0 saturated heterocycles. The van der Waals surface area contributed by atoms with Crippen molar-refractivity contribution >= 4 is 34.3 Å². The van der Waals surface area contributed by atoms with Crippen molar-refractivity contribution in [2.45, 2.75) is 124 Å². The van der Waals surface area contributed by atoms with Crippen LogP contribution in [0.2, 0.25) is 0 Å². The lowest BCUT2D eigenvalue weighted by atomic mass is 9.94. The van der Waals surface area contributed by atoms with E-state index in [4.69, 9.17) is 15.0 Å². The number of hydrogen-bond donors (Lipinski definition) is 0. The summed E-state index contributed by atoms with van der Waals surface area (Å²) in [4.78, 5) is 15.6. The molecule has 270 valence electrons. The van der Waals surface area contributed by atoms with Crippen LogP contribution in [0.1, 0.15) is 116 Å². The van der Waals surface area contributed by atoms with Crippen LogP contribution >= 0.6 is 11.3 Å². The van der Waals surface area contributed by atoms with Gasteiger partial charge in [-0.15, -0.1) is 0 Å². The monoisotopic (exact) mass is 703 g/mol. The summed E-state index contributed by atoms with van der Waals surface area (Å²) in [5, 5.41) is 9.57. The van der Waals surface area contributed by atoms with E-state index in [9.17, 15) is 0 Å². The molecule has 0 bridgehead atoms. The molecule has 6 aromatic rings. The van der Waals surface area contributed by atoms with Crippen molar-refractivity contribution in [2.24, 2.45) is 0 Å². The molecule has 0 spiro atoms. The summed E-state index contributed by atoms with van der Waals surface area (Å²) in [6, 6.07) is 17.2. The minimum Gasteiger partial charge on any atom is -0.284 e. The summed E-state index contributed by atoms with van der Waals surface area (Å²) in [7, 11) is 0. The number of rotatable bonds is 19. The number of hydrazine groups is 1. The fraction of sp³-hybridized carbons (Fsp3) is 0.465. The van der Waals surface area contributed by atoms with Gasteiger partial charge in [-0.2, -0.15) is 11.3 Å². The Bertz CT molecular complexity index is 1970. The Labute approximate surface area is 309 Å². The van der Waals surface area contributed by atoms with Gasteiger partial charge in [0.25, 0.3) is 0 Å². The zero-order valence-electron chi connectivity index (χ0n) is 31.7. The number of thiophene rings is 1. The van der Waals surface area contributed by atoms with Gasteiger partial charge in [0, 0.05) is 36.1 Å². The number of anilines is 2. The van der Waals surface area contributed by atoms with Crippen molar-refractivity contribution in [2.75, 3.05) is 16.6 Å². The van der Waals surface area contributed by atoms with Gasteiger partial charge in [0.05, 0.1) is 11.2 Å². The van der Waals surface area contributed by atoms with Crippen molar-refractivity contribution < 1.29 is 0 Å². The molecule has 6 heterocycles. The molecule has 51 heavy (non-hydrogen) atoms. The molecule has 7 nitrogen and oxygen atoms in total.